The van der Waals surface area contributed by atoms with Gasteiger partial charge in [-0.1, -0.05) is 5.16 Å². The molecule has 106 valence electrons. The van der Waals surface area contributed by atoms with Crippen LogP contribution in [0.1, 0.15) is 31.0 Å². The second-order valence-corrected chi connectivity index (χ2v) is 5.38. The molecule has 1 saturated heterocycles. The molecular weight excluding hydrogens is 246 g/mol. The van der Waals surface area contributed by atoms with Crippen molar-refractivity contribution in [1.82, 2.24) is 9.78 Å². The Morgan fingerprint density at radius 2 is 2.00 bits per heavy atom. The predicted octanol–water partition coefficient (Wildman–Crippen LogP) is 0.174. The minimum Gasteiger partial charge on any atom is -0.409 e. The van der Waals surface area contributed by atoms with Crippen molar-refractivity contribution in [2.24, 2.45) is 17.9 Å². The van der Waals surface area contributed by atoms with E-state index in [9.17, 15) is 5.11 Å². The molecule has 1 aromatic heterocycles. The topological polar surface area (TPSA) is 99.9 Å². The van der Waals surface area contributed by atoms with Gasteiger partial charge in [-0.2, -0.15) is 5.10 Å². The summed E-state index contributed by atoms with van der Waals surface area (Å²) in [4.78, 5) is 2.12. The van der Waals surface area contributed by atoms with Gasteiger partial charge in [-0.3, -0.25) is 4.68 Å². The summed E-state index contributed by atoms with van der Waals surface area (Å²) in [6, 6.07) is 0. The van der Waals surface area contributed by atoms with Gasteiger partial charge in [0.2, 0.25) is 0 Å². The van der Waals surface area contributed by atoms with Crippen molar-refractivity contribution < 1.29 is 10.3 Å². The number of amidine groups is 1. The van der Waals surface area contributed by atoms with Crippen LogP contribution in [0.25, 0.3) is 0 Å². The molecule has 0 unspecified atom stereocenters. The Morgan fingerprint density at radius 3 is 2.53 bits per heavy atom. The predicted molar refractivity (Wildman–Crippen MR) is 72.5 cm³/mol. The maximum absolute atomic E-state index is 10.0. The molecule has 1 aliphatic rings. The Morgan fingerprint density at radius 1 is 1.42 bits per heavy atom. The van der Waals surface area contributed by atoms with Crippen LogP contribution >= 0.6 is 0 Å². The van der Waals surface area contributed by atoms with Gasteiger partial charge in [0.25, 0.3) is 0 Å². The molecule has 2 rings (SSSR count). The largest absolute Gasteiger partial charge is 0.409 e. The van der Waals surface area contributed by atoms with E-state index in [0.717, 1.165) is 24.6 Å². The molecular formula is C12H21N5O2. The normalized spacial score (nSPS) is 19.8. The first-order valence-electron chi connectivity index (χ1n) is 6.34. The molecule has 19 heavy (non-hydrogen) atoms. The average molecular weight is 267 g/mol. The van der Waals surface area contributed by atoms with Gasteiger partial charge in [0, 0.05) is 20.1 Å². The van der Waals surface area contributed by atoms with Crippen molar-refractivity contribution in [2.75, 3.05) is 18.0 Å². The van der Waals surface area contributed by atoms with Crippen molar-refractivity contribution in [1.29, 1.82) is 0 Å². The summed E-state index contributed by atoms with van der Waals surface area (Å²) in [6.45, 7) is 5.12. The number of nitrogens with two attached hydrogens (primary N) is 1. The number of piperidine rings is 1. The number of aliphatic hydroxyl groups is 1. The Labute approximate surface area is 112 Å². The lowest BCUT2D eigenvalue weighted by atomic mass is 9.93. The van der Waals surface area contributed by atoms with Gasteiger partial charge >= 0.3 is 0 Å². The molecule has 7 heteroatoms. The van der Waals surface area contributed by atoms with E-state index in [1.807, 2.05) is 20.9 Å². The van der Waals surface area contributed by atoms with E-state index in [1.54, 1.807) is 4.68 Å². The first-order chi connectivity index (χ1) is 8.85. The molecule has 4 N–H and O–H groups in total. The number of hydrogen-bond acceptors (Lipinski definition) is 5. The molecule has 0 aliphatic carbocycles. The lowest BCUT2D eigenvalue weighted by Gasteiger charge is -2.37. The number of aryl methyl sites for hydroxylation is 2. The highest BCUT2D eigenvalue weighted by molar-refractivity contribution is 6.02. The minimum atomic E-state index is -0.610. The number of aromatic nitrogens is 2. The molecule has 1 aliphatic heterocycles. The molecule has 1 fully saturated rings. The van der Waals surface area contributed by atoms with Gasteiger partial charge in [0.15, 0.2) is 5.84 Å². The third-order valence-corrected chi connectivity index (χ3v) is 3.70. The average Bonchev–Trinajstić information content (AvgIpc) is 2.63. The lowest BCUT2D eigenvalue weighted by molar-refractivity contribution is 0.0349. The zero-order chi connectivity index (χ0) is 14.2. The molecule has 0 saturated carbocycles. The summed E-state index contributed by atoms with van der Waals surface area (Å²) in [5, 5.41) is 26.3. The zero-order valence-electron chi connectivity index (χ0n) is 11.6. The molecule has 0 radical (unpaired) electrons. The summed E-state index contributed by atoms with van der Waals surface area (Å²) >= 11 is 0. The van der Waals surface area contributed by atoms with E-state index >= 15 is 0 Å². The van der Waals surface area contributed by atoms with Crippen molar-refractivity contribution in [3.63, 3.8) is 0 Å². The second-order valence-electron chi connectivity index (χ2n) is 5.38. The van der Waals surface area contributed by atoms with Crippen molar-refractivity contribution in [3.8, 4) is 0 Å². The maximum atomic E-state index is 10.0. The van der Waals surface area contributed by atoms with Crippen molar-refractivity contribution >= 4 is 11.7 Å². The summed E-state index contributed by atoms with van der Waals surface area (Å²) in [5.41, 5.74) is 6.52. The number of oxime groups is 1. The lowest BCUT2D eigenvalue weighted by Crippen LogP contribution is -2.43. The van der Waals surface area contributed by atoms with Gasteiger partial charge in [-0.25, -0.2) is 0 Å². The van der Waals surface area contributed by atoms with Crippen LogP contribution in [0.4, 0.5) is 5.82 Å². The van der Waals surface area contributed by atoms with Crippen molar-refractivity contribution in [2.45, 2.75) is 32.3 Å². The molecule has 0 spiro atoms. The van der Waals surface area contributed by atoms with Crippen LogP contribution in [0, 0.1) is 6.92 Å². The van der Waals surface area contributed by atoms with Gasteiger partial charge in [0.05, 0.1) is 16.9 Å². The number of anilines is 1. The fraction of sp³-hybridized carbons (Fsp3) is 0.667. The van der Waals surface area contributed by atoms with E-state index < -0.39 is 5.60 Å². The van der Waals surface area contributed by atoms with Crippen LogP contribution in [0.15, 0.2) is 5.16 Å². The van der Waals surface area contributed by atoms with Crippen LogP contribution in [0.2, 0.25) is 0 Å². The van der Waals surface area contributed by atoms with E-state index in [0.29, 0.717) is 18.4 Å². The third kappa shape index (κ3) is 2.51. The first kappa shape index (κ1) is 13.7. The molecule has 0 atom stereocenters. The van der Waals surface area contributed by atoms with E-state index in [4.69, 9.17) is 10.9 Å². The van der Waals surface area contributed by atoms with Crippen LogP contribution in [0.3, 0.4) is 0 Å². The number of nitrogens with zero attached hydrogens (tertiary/aromatic N) is 4. The second kappa shape index (κ2) is 4.73. The Hall–Kier alpha value is -1.76. The smallest absolute Gasteiger partial charge is 0.175 e. The monoisotopic (exact) mass is 267 g/mol. The fourth-order valence-electron chi connectivity index (χ4n) is 2.56. The minimum absolute atomic E-state index is 0.0675. The zero-order valence-corrected chi connectivity index (χ0v) is 11.6. The van der Waals surface area contributed by atoms with Gasteiger partial charge in [-0.05, 0) is 26.7 Å². The highest BCUT2D eigenvalue weighted by atomic mass is 16.4. The van der Waals surface area contributed by atoms with Gasteiger partial charge < -0.3 is 20.9 Å². The van der Waals surface area contributed by atoms with Crippen LogP contribution in [-0.2, 0) is 7.05 Å². The fourth-order valence-corrected chi connectivity index (χ4v) is 2.56. The number of hydrogen-bond donors (Lipinski definition) is 3. The van der Waals surface area contributed by atoms with E-state index in [-0.39, 0.29) is 5.84 Å². The first-order valence-corrected chi connectivity index (χ1v) is 6.34. The number of rotatable bonds is 2. The SMILES string of the molecule is Cc1nn(C)c(N2CCC(C)(O)CC2)c1C(N)=NO. The van der Waals surface area contributed by atoms with Crippen LogP contribution in [-0.4, -0.2) is 44.6 Å². The molecule has 1 aromatic rings. The van der Waals surface area contributed by atoms with Gasteiger partial charge in [0.1, 0.15) is 5.82 Å². The molecule has 2 heterocycles. The van der Waals surface area contributed by atoms with Gasteiger partial charge in [-0.15, -0.1) is 0 Å². The summed E-state index contributed by atoms with van der Waals surface area (Å²) in [6.07, 6.45) is 1.37. The summed E-state index contributed by atoms with van der Waals surface area (Å²) < 4.78 is 1.74. The third-order valence-electron chi connectivity index (χ3n) is 3.70. The van der Waals surface area contributed by atoms with E-state index in [1.165, 1.54) is 0 Å². The highest BCUT2D eigenvalue weighted by Gasteiger charge is 2.31. The molecule has 0 aromatic carbocycles. The van der Waals surface area contributed by atoms with Crippen molar-refractivity contribution in [3.05, 3.63) is 11.3 Å². The Bertz CT molecular complexity index is 496. The van der Waals surface area contributed by atoms with Crippen LogP contribution in [0.5, 0.6) is 0 Å². The highest BCUT2D eigenvalue weighted by Crippen LogP contribution is 2.29. The molecule has 0 amide bonds. The molecule has 7 nitrogen and oxygen atoms in total. The standard InChI is InChI=1S/C12H21N5O2/c1-8-9(10(13)15-19)11(16(3)14-8)17-6-4-12(2,18)5-7-17/h18-19H,4-7H2,1-3H3,(H2,13,15). The summed E-state index contributed by atoms with van der Waals surface area (Å²) in [7, 11) is 1.84. The Kier molecular flexibility index (Phi) is 3.40. The summed E-state index contributed by atoms with van der Waals surface area (Å²) in [5.74, 6) is 0.904. The maximum Gasteiger partial charge on any atom is 0.175 e. The quantitative estimate of drug-likeness (QED) is 0.307. The molecule has 0 bridgehead atoms. The van der Waals surface area contributed by atoms with E-state index in [2.05, 4.69) is 15.2 Å². The van der Waals surface area contributed by atoms with Crippen LogP contribution < -0.4 is 10.6 Å². The Balaban J connectivity index is 2.35.